The molecule has 2 heterocycles. The number of carbonyl (C=O) groups excluding carboxylic acids is 1. The number of carbonyl (C=O) groups is 1. The van der Waals surface area contributed by atoms with Crippen molar-refractivity contribution in [1.82, 2.24) is 10.3 Å². The van der Waals surface area contributed by atoms with E-state index in [0.717, 1.165) is 36.0 Å². The van der Waals surface area contributed by atoms with Gasteiger partial charge < -0.3 is 10.2 Å². The first-order chi connectivity index (χ1) is 10.3. The Labute approximate surface area is 124 Å². The molecule has 0 spiro atoms. The minimum Gasteiger partial charge on any atom is -0.310 e. The first-order valence-corrected chi connectivity index (χ1v) is 7.74. The SMILES string of the molecule is O=C1C(NC2CC2)CCCN1c1cccc2ncccc12. The van der Waals surface area contributed by atoms with Crippen LogP contribution in [-0.4, -0.2) is 29.5 Å². The molecule has 2 aromatic rings. The fourth-order valence-electron chi connectivity index (χ4n) is 3.13. The fraction of sp³-hybridized carbons (Fsp3) is 0.412. The zero-order valence-corrected chi connectivity index (χ0v) is 12.0. The van der Waals surface area contributed by atoms with Crippen molar-refractivity contribution in [3.63, 3.8) is 0 Å². The Morgan fingerprint density at radius 3 is 2.90 bits per heavy atom. The van der Waals surface area contributed by atoms with Crippen LogP contribution in [0.3, 0.4) is 0 Å². The molecule has 1 amide bonds. The first-order valence-electron chi connectivity index (χ1n) is 7.74. The number of hydrogen-bond acceptors (Lipinski definition) is 3. The first kappa shape index (κ1) is 12.8. The number of benzene rings is 1. The van der Waals surface area contributed by atoms with Gasteiger partial charge in [0.15, 0.2) is 0 Å². The monoisotopic (exact) mass is 281 g/mol. The molecule has 4 heteroatoms. The summed E-state index contributed by atoms with van der Waals surface area (Å²) in [5.41, 5.74) is 1.94. The number of fused-ring (bicyclic) bond motifs is 1. The number of rotatable bonds is 3. The molecule has 1 aromatic heterocycles. The lowest BCUT2D eigenvalue weighted by Gasteiger charge is -2.33. The molecule has 1 saturated heterocycles. The highest BCUT2D eigenvalue weighted by molar-refractivity contribution is 6.05. The van der Waals surface area contributed by atoms with Gasteiger partial charge in [0.1, 0.15) is 0 Å². The molecule has 21 heavy (non-hydrogen) atoms. The molecular weight excluding hydrogens is 262 g/mol. The van der Waals surface area contributed by atoms with Crippen LogP contribution < -0.4 is 10.2 Å². The van der Waals surface area contributed by atoms with Crippen molar-refractivity contribution in [2.24, 2.45) is 0 Å². The normalized spacial score (nSPS) is 22.8. The second kappa shape index (κ2) is 5.11. The van der Waals surface area contributed by atoms with E-state index in [1.165, 1.54) is 12.8 Å². The lowest BCUT2D eigenvalue weighted by atomic mass is 10.0. The summed E-state index contributed by atoms with van der Waals surface area (Å²) < 4.78 is 0. The summed E-state index contributed by atoms with van der Waals surface area (Å²) in [6.07, 6.45) is 6.22. The molecule has 1 N–H and O–H groups in total. The Balaban J connectivity index is 1.68. The summed E-state index contributed by atoms with van der Waals surface area (Å²) in [5, 5.41) is 4.54. The van der Waals surface area contributed by atoms with E-state index in [-0.39, 0.29) is 11.9 Å². The smallest absolute Gasteiger partial charge is 0.244 e. The molecule has 2 fully saturated rings. The highest BCUT2D eigenvalue weighted by atomic mass is 16.2. The summed E-state index contributed by atoms with van der Waals surface area (Å²) in [5.74, 6) is 0.213. The second-order valence-electron chi connectivity index (χ2n) is 5.97. The van der Waals surface area contributed by atoms with E-state index in [9.17, 15) is 4.79 Å². The minimum atomic E-state index is -0.0156. The lowest BCUT2D eigenvalue weighted by Crippen LogP contribution is -2.51. The Kier molecular flexibility index (Phi) is 3.11. The Morgan fingerprint density at radius 1 is 1.14 bits per heavy atom. The maximum absolute atomic E-state index is 12.8. The van der Waals surface area contributed by atoms with Crippen LogP contribution in [0.15, 0.2) is 36.5 Å². The number of piperidine rings is 1. The van der Waals surface area contributed by atoms with Gasteiger partial charge in [0.05, 0.1) is 17.2 Å². The van der Waals surface area contributed by atoms with E-state index in [4.69, 9.17) is 0 Å². The quantitative estimate of drug-likeness (QED) is 0.940. The average molecular weight is 281 g/mol. The molecule has 2 aliphatic rings. The molecule has 0 radical (unpaired) electrons. The maximum Gasteiger partial charge on any atom is 0.244 e. The van der Waals surface area contributed by atoms with Gasteiger partial charge in [-0.1, -0.05) is 6.07 Å². The van der Waals surface area contributed by atoms with Crippen LogP contribution in [0.4, 0.5) is 5.69 Å². The molecule has 4 nitrogen and oxygen atoms in total. The summed E-state index contributed by atoms with van der Waals surface area (Å²) >= 11 is 0. The Morgan fingerprint density at radius 2 is 2.05 bits per heavy atom. The third kappa shape index (κ3) is 2.40. The van der Waals surface area contributed by atoms with Gasteiger partial charge in [0, 0.05) is 24.2 Å². The van der Waals surface area contributed by atoms with Crippen molar-refractivity contribution in [1.29, 1.82) is 0 Å². The largest absolute Gasteiger partial charge is 0.310 e. The van der Waals surface area contributed by atoms with Crippen LogP contribution in [0.2, 0.25) is 0 Å². The summed E-state index contributed by atoms with van der Waals surface area (Å²) in [7, 11) is 0. The predicted molar refractivity (Wildman–Crippen MR) is 83.3 cm³/mol. The van der Waals surface area contributed by atoms with E-state index >= 15 is 0 Å². The minimum absolute atomic E-state index is 0.0156. The van der Waals surface area contributed by atoms with E-state index in [1.54, 1.807) is 6.20 Å². The van der Waals surface area contributed by atoms with Crippen molar-refractivity contribution < 1.29 is 4.79 Å². The Bertz CT molecular complexity index is 675. The van der Waals surface area contributed by atoms with Crippen LogP contribution in [0.25, 0.3) is 10.9 Å². The average Bonchev–Trinajstić information content (AvgIpc) is 3.33. The molecule has 0 bridgehead atoms. The van der Waals surface area contributed by atoms with Crippen molar-refractivity contribution in [3.05, 3.63) is 36.5 Å². The zero-order valence-electron chi connectivity index (χ0n) is 12.0. The third-order valence-corrected chi connectivity index (χ3v) is 4.37. The van der Waals surface area contributed by atoms with Gasteiger partial charge in [-0.15, -0.1) is 0 Å². The van der Waals surface area contributed by atoms with Crippen LogP contribution in [-0.2, 0) is 4.79 Å². The number of nitrogens with zero attached hydrogens (tertiary/aromatic N) is 2. The van der Waals surface area contributed by atoms with Gasteiger partial charge in [-0.2, -0.15) is 0 Å². The summed E-state index contributed by atoms with van der Waals surface area (Å²) in [4.78, 5) is 19.1. The van der Waals surface area contributed by atoms with Gasteiger partial charge in [0.2, 0.25) is 5.91 Å². The van der Waals surface area contributed by atoms with Crippen molar-refractivity contribution in [3.8, 4) is 0 Å². The van der Waals surface area contributed by atoms with Gasteiger partial charge in [0.25, 0.3) is 0 Å². The molecule has 1 aliphatic heterocycles. The molecule has 1 unspecified atom stereocenters. The summed E-state index contributed by atoms with van der Waals surface area (Å²) in [6, 6.07) is 10.5. The molecule has 1 aromatic carbocycles. The second-order valence-corrected chi connectivity index (χ2v) is 5.97. The van der Waals surface area contributed by atoms with E-state index in [2.05, 4.69) is 10.3 Å². The molecule has 4 rings (SSSR count). The number of hydrogen-bond donors (Lipinski definition) is 1. The van der Waals surface area contributed by atoms with Crippen molar-refractivity contribution >= 4 is 22.5 Å². The number of nitrogens with one attached hydrogen (secondary N) is 1. The number of amides is 1. The predicted octanol–water partition coefficient (Wildman–Crippen LogP) is 2.48. The van der Waals surface area contributed by atoms with Crippen molar-refractivity contribution in [2.75, 3.05) is 11.4 Å². The van der Waals surface area contributed by atoms with Crippen LogP contribution in [0.5, 0.6) is 0 Å². The third-order valence-electron chi connectivity index (χ3n) is 4.37. The van der Waals surface area contributed by atoms with Crippen molar-refractivity contribution in [2.45, 2.75) is 37.8 Å². The van der Waals surface area contributed by atoms with Crippen LogP contribution >= 0.6 is 0 Å². The number of pyridine rings is 1. The van der Waals surface area contributed by atoms with Gasteiger partial charge in [-0.25, -0.2) is 0 Å². The molecule has 1 atom stereocenters. The summed E-state index contributed by atoms with van der Waals surface area (Å²) in [6.45, 7) is 0.801. The zero-order chi connectivity index (χ0) is 14.2. The van der Waals surface area contributed by atoms with Gasteiger partial charge >= 0.3 is 0 Å². The topological polar surface area (TPSA) is 45.2 Å². The van der Waals surface area contributed by atoms with Crippen LogP contribution in [0, 0.1) is 0 Å². The van der Waals surface area contributed by atoms with Gasteiger partial charge in [-0.05, 0) is 49.9 Å². The van der Waals surface area contributed by atoms with E-state index < -0.39 is 0 Å². The lowest BCUT2D eigenvalue weighted by molar-refractivity contribution is -0.121. The number of anilines is 1. The molecule has 1 saturated carbocycles. The fourth-order valence-corrected chi connectivity index (χ4v) is 3.13. The molecule has 108 valence electrons. The molecule has 1 aliphatic carbocycles. The Hall–Kier alpha value is -1.94. The highest BCUT2D eigenvalue weighted by Crippen LogP contribution is 2.29. The number of aromatic nitrogens is 1. The maximum atomic E-state index is 12.8. The standard InChI is InChI=1S/C17H19N3O/c21-17-15(19-12-8-9-12)6-3-11-20(17)16-7-1-5-14-13(16)4-2-10-18-14/h1-2,4-5,7,10,12,15,19H,3,6,8-9,11H2. The highest BCUT2D eigenvalue weighted by Gasteiger charge is 2.34. The van der Waals surface area contributed by atoms with E-state index in [1.807, 2.05) is 35.2 Å². The van der Waals surface area contributed by atoms with E-state index in [0.29, 0.717) is 6.04 Å². The van der Waals surface area contributed by atoms with Crippen LogP contribution in [0.1, 0.15) is 25.7 Å². The molecular formula is C17H19N3O. The van der Waals surface area contributed by atoms with Gasteiger partial charge in [-0.3, -0.25) is 9.78 Å².